The van der Waals surface area contributed by atoms with Gasteiger partial charge in [-0.15, -0.1) is 0 Å². The summed E-state index contributed by atoms with van der Waals surface area (Å²) in [7, 11) is 0. The molecule has 1 atom stereocenters. The van der Waals surface area contributed by atoms with Gasteiger partial charge >= 0.3 is 0 Å². The molecular weight excluding hydrogens is 507 g/mol. The minimum atomic E-state index is -2.36. The SMILES string of the molecule is CCCN=C1SC(C(=O)Nc2c(F)c(F)c(F)c(F)c2F)C(N)=C1C(=O)Nc1ccccc1OCC. The average molecular weight is 529 g/mol. The van der Waals surface area contributed by atoms with Crippen molar-refractivity contribution >= 4 is 40.0 Å². The Morgan fingerprint density at radius 1 is 1.00 bits per heavy atom. The maximum Gasteiger partial charge on any atom is 0.260 e. The van der Waals surface area contributed by atoms with Crippen LogP contribution in [-0.2, 0) is 9.59 Å². The van der Waals surface area contributed by atoms with E-state index in [1.807, 2.05) is 6.92 Å². The van der Waals surface area contributed by atoms with Crippen LogP contribution < -0.4 is 21.1 Å². The number of carbonyl (C=O) groups excluding carboxylic acids is 2. The minimum Gasteiger partial charge on any atom is -0.492 e. The van der Waals surface area contributed by atoms with E-state index >= 15 is 0 Å². The van der Waals surface area contributed by atoms with E-state index in [-0.39, 0.29) is 22.9 Å². The van der Waals surface area contributed by atoms with Crippen LogP contribution >= 0.6 is 11.8 Å². The van der Waals surface area contributed by atoms with E-state index in [0.29, 0.717) is 36.2 Å². The molecule has 2 aromatic rings. The van der Waals surface area contributed by atoms with Crippen LogP contribution in [0.3, 0.4) is 0 Å². The zero-order valence-electron chi connectivity index (χ0n) is 19.1. The third-order valence-corrected chi connectivity index (χ3v) is 6.11. The Bertz CT molecular complexity index is 1240. The second-order valence-corrected chi connectivity index (χ2v) is 8.43. The van der Waals surface area contributed by atoms with Gasteiger partial charge in [-0.05, 0) is 25.5 Å². The molecule has 0 aliphatic carbocycles. The van der Waals surface area contributed by atoms with Gasteiger partial charge in [0.25, 0.3) is 5.91 Å². The lowest BCUT2D eigenvalue weighted by atomic mass is 10.1. The average Bonchev–Trinajstić information content (AvgIpc) is 3.20. The normalized spacial score (nSPS) is 16.4. The molecule has 0 bridgehead atoms. The molecule has 4 N–H and O–H groups in total. The Morgan fingerprint density at radius 2 is 1.61 bits per heavy atom. The van der Waals surface area contributed by atoms with E-state index in [2.05, 4.69) is 10.3 Å². The molecule has 13 heteroatoms. The lowest BCUT2D eigenvalue weighted by Crippen LogP contribution is -2.30. The Kier molecular flexibility index (Phi) is 8.56. The summed E-state index contributed by atoms with van der Waals surface area (Å²) in [5, 5.41) is 2.98. The van der Waals surface area contributed by atoms with Crippen molar-refractivity contribution in [3.05, 3.63) is 64.6 Å². The van der Waals surface area contributed by atoms with Gasteiger partial charge in [-0.1, -0.05) is 30.8 Å². The Morgan fingerprint density at radius 3 is 2.22 bits per heavy atom. The number of rotatable bonds is 8. The second kappa shape index (κ2) is 11.4. The van der Waals surface area contributed by atoms with Gasteiger partial charge in [0.1, 0.15) is 21.7 Å². The number of halogens is 5. The van der Waals surface area contributed by atoms with Crippen molar-refractivity contribution in [1.82, 2.24) is 0 Å². The Balaban J connectivity index is 1.95. The van der Waals surface area contributed by atoms with Gasteiger partial charge in [0.2, 0.25) is 11.7 Å². The molecule has 2 amide bonds. The van der Waals surface area contributed by atoms with E-state index < -0.39 is 51.8 Å². The van der Waals surface area contributed by atoms with E-state index in [1.165, 1.54) is 0 Å². The molecule has 0 radical (unpaired) electrons. The number of nitrogens with one attached hydrogen (secondary N) is 2. The fraction of sp³-hybridized carbons (Fsp3) is 0.261. The van der Waals surface area contributed by atoms with Gasteiger partial charge in [0.05, 0.1) is 17.9 Å². The van der Waals surface area contributed by atoms with Crippen LogP contribution in [0.2, 0.25) is 0 Å². The van der Waals surface area contributed by atoms with Crippen molar-refractivity contribution in [1.29, 1.82) is 0 Å². The van der Waals surface area contributed by atoms with Gasteiger partial charge in [-0.3, -0.25) is 14.6 Å². The molecule has 36 heavy (non-hydrogen) atoms. The van der Waals surface area contributed by atoms with Crippen LogP contribution in [0.4, 0.5) is 33.3 Å². The zero-order chi connectivity index (χ0) is 26.6. The number of anilines is 2. The molecule has 1 unspecified atom stereocenters. The van der Waals surface area contributed by atoms with Crippen LogP contribution in [0, 0.1) is 29.1 Å². The van der Waals surface area contributed by atoms with Gasteiger partial charge in [-0.25, -0.2) is 22.0 Å². The fourth-order valence-electron chi connectivity index (χ4n) is 3.18. The first kappa shape index (κ1) is 27.0. The Labute approximate surface area is 207 Å². The topological polar surface area (TPSA) is 106 Å². The third-order valence-electron chi connectivity index (χ3n) is 4.85. The molecule has 192 valence electrons. The number of hydrogen-bond acceptors (Lipinski definition) is 6. The molecule has 7 nitrogen and oxygen atoms in total. The standard InChI is InChI=1S/C23H21F5N4O3S/c1-3-9-30-23-12(21(33)31-10-7-5-6-8-11(10)35-4-2)18(29)20(36-23)22(34)32-19-16(27)14(25)13(24)15(26)17(19)28/h5-8,20H,3-4,9,29H2,1-2H3,(H,31,33)(H,32,34). The molecule has 0 spiro atoms. The summed E-state index contributed by atoms with van der Waals surface area (Å²) in [5.41, 5.74) is 4.41. The van der Waals surface area contributed by atoms with Gasteiger partial charge in [-0.2, -0.15) is 0 Å². The van der Waals surface area contributed by atoms with E-state index in [4.69, 9.17) is 10.5 Å². The lowest BCUT2D eigenvalue weighted by molar-refractivity contribution is -0.115. The molecule has 0 saturated carbocycles. The predicted molar refractivity (Wildman–Crippen MR) is 126 cm³/mol. The van der Waals surface area contributed by atoms with Crippen molar-refractivity contribution in [3.8, 4) is 5.75 Å². The number of thioether (sulfide) groups is 1. The minimum absolute atomic E-state index is 0.0818. The summed E-state index contributed by atoms with van der Waals surface area (Å²) in [6.07, 6.45) is 0.591. The number of para-hydroxylation sites is 2. The largest absolute Gasteiger partial charge is 0.492 e. The highest BCUT2D eigenvalue weighted by molar-refractivity contribution is 8.16. The van der Waals surface area contributed by atoms with Crippen LogP contribution in [0.1, 0.15) is 20.3 Å². The first-order valence-corrected chi connectivity index (χ1v) is 11.6. The van der Waals surface area contributed by atoms with E-state index in [9.17, 15) is 31.5 Å². The summed E-state index contributed by atoms with van der Waals surface area (Å²) >= 11 is 0.711. The van der Waals surface area contributed by atoms with E-state index in [0.717, 1.165) is 0 Å². The molecule has 1 aliphatic rings. The number of carbonyl (C=O) groups is 2. The first-order chi connectivity index (χ1) is 17.1. The quantitative estimate of drug-likeness (QED) is 0.266. The van der Waals surface area contributed by atoms with Gasteiger partial charge in [0.15, 0.2) is 23.3 Å². The molecular formula is C23H21F5N4O3S. The maximum atomic E-state index is 14.1. The number of benzene rings is 2. The highest BCUT2D eigenvalue weighted by Crippen LogP contribution is 2.36. The molecule has 0 aromatic heterocycles. The predicted octanol–water partition coefficient (Wildman–Crippen LogP) is 4.49. The van der Waals surface area contributed by atoms with Crippen molar-refractivity contribution in [2.45, 2.75) is 25.5 Å². The smallest absolute Gasteiger partial charge is 0.260 e. The summed E-state index contributed by atoms with van der Waals surface area (Å²) in [5.74, 6) is -12.8. The van der Waals surface area contributed by atoms with Crippen molar-refractivity contribution < 1.29 is 36.3 Å². The van der Waals surface area contributed by atoms with Crippen molar-refractivity contribution in [2.75, 3.05) is 23.8 Å². The summed E-state index contributed by atoms with van der Waals surface area (Å²) in [6.45, 7) is 4.18. The molecule has 1 heterocycles. The molecule has 3 rings (SSSR count). The number of hydrogen-bond donors (Lipinski definition) is 3. The van der Waals surface area contributed by atoms with Gasteiger partial charge < -0.3 is 21.1 Å². The second-order valence-electron chi connectivity index (χ2n) is 7.33. The van der Waals surface area contributed by atoms with Crippen LogP contribution in [0.15, 0.2) is 40.5 Å². The number of nitrogens with two attached hydrogens (primary N) is 1. The summed E-state index contributed by atoms with van der Waals surface area (Å²) in [6, 6.07) is 6.57. The first-order valence-electron chi connectivity index (χ1n) is 10.7. The zero-order valence-corrected chi connectivity index (χ0v) is 19.9. The number of nitrogens with zero attached hydrogens (tertiary/aromatic N) is 1. The van der Waals surface area contributed by atoms with Crippen LogP contribution in [-0.4, -0.2) is 35.3 Å². The summed E-state index contributed by atoms with van der Waals surface area (Å²) in [4.78, 5) is 30.2. The number of aliphatic imine (C=N–C) groups is 1. The number of amides is 2. The maximum absolute atomic E-state index is 14.1. The highest BCUT2D eigenvalue weighted by Gasteiger charge is 2.39. The van der Waals surface area contributed by atoms with Crippen LogP contribution in [0.25, 0.3) is 0 Å². The molecule has 0 saturated heterocycles. The van der Waals surface area contributed by atoms with Crippen molar-refractivity contribution in [3.63, 3.8) is 0 Å². The monoisotopic (exact) mass is 528 g/mol. The molecule has 1 aliphatic heterocycles. The van der Waals surface area contributed by atoms with Crippen molar-refractivity contribution in [2.24, 2.45) is 10.7 Å². The molecule has 0 fully saturated rings. The highest BCUT2D eigenvalue weighted by atomic mass is 32.2. The van der Waals surface area contributed by atoms with Gasteiger partial charge in [0, 0.05) is 12.2 Å². The van der Waals surface area contributed by atoms with Crippen LogP contribution in [0.5, 0.6) is 5.75 Å². The Hall–Kier alpha value is -3.61. The third kappa shape index (κ3) is 5.30. The number of ether oxygens (including phenoxy) is 1. The lowest BCUT2D eigenvalue weighted by Gasteiger charge is -2.14. The molecule has 2 aromatic carbocycles. The van der Waals surface area contributed by atoms with E-state index in [1.54, 1.807) is 36.5 Å². The summed E-state index contributed by atoms with van der Waals surface area (Å²) < 4.78 is 74.0. The fourth-order valence-corrected chi connectivity index (χ4v) is 4.31.